The highest BCUT2D eigenvalue weighted by Gasteiger charge is 2.25. The van der Waals surface area contributed by atoms with E-state index in [0.717, 1.165) is 17.5 Å². The molecular formula is C12H19N3O2S. The molecule has 1 aliphatic carbocycles. The molecule has 1 heterocycles. The molecular weight excluding hydrogens is 250 g/mol. The summed E-state index contributed by atoms with van der Waals surface area (Å²) in [6, 6.07) is 0. The molecule has 0 aliphatic heterocycles. The van der Waals surface area contributed by atoms with Crippen LogP contribution in [0.2, 0.25) is 0 Å². The van der Waals surface area contributed by atoms with Gasteiger partial charge >= 0.3 is 0 Å². The van der Waals surface area contributed by atoms with Gasteiger partial charge in [-0.15, -0.1) is 11.3 Å². The maximum absolute atomic E-state index is 11.3. The first-order chi connectivity index (χ1) is 8.49. The molecule has 5 nitrogen and oxygen atoms in total. The lowest BCUT2D eigenvalue weighted by Crippen LogP contribution is -2.12. The SMILES string of the molecule is CC(C)Oc1c(NCC2CC2)sc(C(N)=O)c1N. The van der Waals surface area contributed by atoms with E-state index in [0.29, 0.717) is 16.3 Å². The Hall–Kier alpha value is -1.43. The summed E-state index contributed by atoms with van der Waals surface area (Å²) < 4.78 is 5.67. The number of primary amides is 1. The number of ether oxygens (including phenoxy) is 1. The maximum atomic E-state index is 11.3. The summed E-state index contributed by atoms with van der Waals surface area (Å²) in [5, 5.41) is 4.11. The number of rotatable bonds is 6. The van der Waals surface area contributed by atoms with Crippen LogP contribution in [0.5, 0.6) is 5.75 Å². The topological polar surface area (TPSA) is 90.4 Å². The van der Waals surface area contributed by atoms with Crippen LogP contribution in [0.1, 0.15) is 36.4 Å². The van der Waals surface area contributed by atoms with Crippen molar-refractivity contribution in [1.82, 2.24) is 0 Å². The number of hydrogen-bond acceptors (Lipinski definition) is 5. The summed E-state index contributed by atoms with van der Waals surface area (Å²) in [5.74, 6) is 0.785. The molecule has 0 radical (unpaired) electrons. The lowest BCUT2D eigenvalue weighted by Gasteiger charge is -2.12. The van der Waals surface area contributed by atoms with E-state index in [1.54, 1.807) is 0 Å². The van der Waals surface area contributed by atoms with E-state index in [-0.39, 0.29) is 6.10 Å². The Labute approximate surface area is 110 Å². The fraction of sp³-hybridized carbons (Fsp3) is 0.583. The molecule has 2 rings (SSSR count). The van der Waals surface area contributed by atoms with Crippen LogP contribution in [0.25, 0.3) is 0 Å². The van der Waals surface area contributed by atoms with Crippen molar-refractivity contribution in [3.63, 3.8) is 0 Å². The number of hydrogen-bond donors (Lipinski definition) is 3. The first-order valence-electron chi connectivity index (χ1n) is 6.11. The molecule has 0 atom stereocenters. The number of carbonyl (C=O) groups is 1. The van der Waals surface area contributed by atoms with Crippen molar-refractivity contribution in [3.8, 4) is 5.75 Å². The molecule has 100 valence electrons. The minimum atomic E-state index is -0.509. The minimum absolute atomic E-state index is 0.00380. The van der Waals surface area contributed by atoms with Crippen molar-refractivity contribution >= 4 is 27.9 Å². The Morgan fingerprint density at radius 3 is 2.72 bits per heavy atom. The molecule has 6 heteroatoms. The fourth-order valence-corrected chi connectivity index (χ4v) is 2.55. The minimum Gasteiger partial charge on any atom is -0.486 e. The number of thiophene rings is 1. The van der Waals surface area contributed by atoms with Gasteiger partial charge in [-0.2, -0.15) is 0 Å². The molecule has 1 aliphatic rings. The van der Waals surface area contributed by atoms with Gasteiger partial charge in [-0.3, -0.25) is 4.79 Å². The van der Waals surface area contributed by atoms with Crippen LogP contribution >= 0.6 is 11.3 Å². The predicted molar refractivity (Wildman–Crippen MR) is 74.2 cm³/mol. The molecule has 5 N–H and O–H groups in total. The van der Waals surface area contributed by atoms with E-state index in [9.17, 15) is 4.79 Å². The average Bonchev–Trinajstić information content (AvgIpc) is 3.04. The second-order valence-electron chi connectivity index (χ2n) is 4.86. The normalized spacial score (nSPS) is 14.8. The summed E-state index contributed by atoms with van der Waals surface area (Å²) in [6.45, 7) is 4.74. The number of nitrogens with two attached hydrogens (primary N) is 2. The van der Waals surface area contributed by atoms with Gasteiger partial charge in [-0.25, -0.2) is 0 Å². The van der Waals surface area contributed by atoms with Crippen molar-refractivity contribution in [2.45, 2.75) is 32.8 Å². The molecule has 0 bridgehead atoms. The maximum Gasteiger partial charge on any atom is 0.261 e. The van der Waals surface area contributed by atoms with Crippen molar-refractivity contribution < 1.29 is 9.53 Å². The van der Waals surface area contributed by atoms with Crippen molar-refractivity contribution in [1.29, 1.82) is 0 Å². The number of anilines is 2. The summed E-state index contributed by atoms with van der Waals surface area (Å²) in [6.07, 6.45) is 2.53. The lowest BCUT2D eigenvalue weighted by atomic mass is 10.3. The van der Waals surface area contributed by atoms with Crippen LogP contribution in [0.3, 0.4) is 0 Å². The van der Waals surface area contributed by atoms with Crippen LogP contribution in [-0.2, 0) is 0 Å². The third kappa shape index (κ3) is 2.87. The van der Waals surface area contributed by atoms with Gasteiger partial charge in [-0.05, 0) is 32.6 Å². The Morgan fingerprint density at radius 2 is 2.22 bits per heavy atom. The van der Waals surface area contributed by atoms with E-state index >= 15 is 0 Å². The molecule has 1 amide bonds. The first kappa shape index (κ1) is 13.0. The lowest BCUT2D eigenvalue weighted by molar-refractivity contribution is 0.100. The van der Waals surface area contributed by atoms with E-state index in [4.69, 9.17) is 16.2 Å². The molecule has 0 aromatic carbocycles. The van der Waals surface area contributed by atoms with Crippen molar-refractivity contribution in [2.75, 3.05) is 17.6 Å². The number of amides is 1. The van der Waals surface area contributed by atoms with E-state index < -0.39 is 5.91 Å². The average molecular weight is 269 g/mol. The first-order valence-corrected chi connectivity index (χ1v) is 6.93. The number of nitrogens with one attached hydrogen (secondary N) is 1. The van der Waals surface area contributed by atoms with Gasteiger partial charge in [0.25, 0.3) is 5.91 Å². The molecule has 0 spiro atoms. The summed E-state index contributed by atoms with van der Waals surface area (Å²) in [4.78, 5) is 11.7. The van der Waals surface area contributed by atoms with Crippen LogP contribution in [-0.4, -0.2) is 18.6 Å². The third-order valence-corrected chi connectivity index (χ3v) is 3.88. The van der Waals surface area contributed by atoms with E-state index in [1.165, 1.54) is 24.2 Å². The standard InChI is InChI=1S/C12H19N3O2S/c1-6(2)17-9-8(13)10(11(14)16)18-12(9)15-5-7-3-4-7/h6-7,15H,3-5,13H2,1-2H3,(H2,14,16). The molecule has 0 saturated heterocycles. The van der Waals surface area contributed by atoms with Gasteiger partial charge in [-0.1, -0.05) is 0 Å². The Bertz CT molecular complexity index is 452. The molecule has 1 saturated carbocycles. The monoisotopic (exact) mass is 269 g/mol. The quantitative estimate of drug-likeness (QED) is 0.737. The highest BCUT2D eigenvalue weighted by atomic mass is 32.1. The number of nitrogen functional groups attached to an aromatic ring is 1. The van der Waals surface area contributed by atoms with Crippen LogP contribution in [0, 0.1) is 5.92 Å². The number of carbonyl (C=O) groups excluding carboxylic acids is 1. The second-order valence-corrected chi connectivity index (χ2v) is 5.88. The zero-order valence-corrected chi connectivity index (χ0v) is 11.5. The van der Waals surface area contributed by atoms with E-state index in [2.05, 4.69) is 5.32 Å². The van der Waals surface area contributed by atoms with Crippen molar-refractivity contribution in [2.24, 2.45) is 11.7 Å². The Balaban J connectivity index is 2.22. The van der Waals surface area contributed by atoms with Gasteiger partial charge < -0.3 is 21.5 Å². The zero-order chi connectivity index (χ0) is 13.3. The van der Waals surface area contributed by atoms with Gasteiger partial charge in [0, 0.05) is 6.54 Å². The van der Waals surface area contributed by atoms with Crippen LogP contribution in [0.15, 0.2) is 0 Å². The summed E-state index contributed by atoms with van der Waals surface area (Å²) >= 11 is 1.27. The Morgan fingerprint density at radius 1 is 1.56 bits per heavy atom. The molecule has 0 unspecified atom stereocenters. The highest BCUT2D eigenvalue weighted by molar-refractivity contribution is 7.19. The fourth-order valence-electron chi connectivity index (χ4n) is 1.64. The summed E-state index contributed by atoms with van der Waals surface area (Å²) in [7, 11) is 0. The van der Waals surface area contributed by atoms with Gasteiger partial charge in [0.05, 0.1) is 6.10 Å². The smallest absolute Gasteiger partial charge is 0.261 e. The molecule has 18 heavy (non-hydrogen) atoms. The largest absolute Gasteiger partial charge is 0.486 e. The van der Waals surface area contributed by atoms with Crippen LogP contribution in [0.4, 0.5) is 10.7 Å². The molecule has 1 aromatic heterocycles. The van der Waals surface area contributed by atoms with Gasteiger partial charge in [0.1, 0.15) is 15.6 Å². The zero-order valence-electron chi connectivity index (χ0n) is 10.7. The van der Waals surface area contributed by atoms with E-state index in [1.807, 2.05) is 13.8 Å². The second kappa shape index (κ2) is 5.06. The predicted octanol–water partition coefficient (Wildman–Crippen LogP) is 2.04. The van der Waals surface area contributed by atoms with Crippen LogP contribution < -0.4 is 21.5 Å². The van der Waals surface area contributed by atoms with Gasteiger partial charge in [0.15, 0.2) is 5.75 Å². The summed E-state index contributed by atoms with van der Waals surface area (Å²) in [5.41, 5.74) is 11.6. The highest BCUT2D eigenvalue weighted by Crippen LogP contribution is 2.43. The third-order valence-electron chi connectivity index (χ3n) is 2.73. The van der Waals surface area contributed by atoms with Gasteiger partial charge in [0.2, 0.25) is 0 Å². The van der Waals surface area contributed by atoms with Crippen molar-refractivity contribution in [3.05, 3.63) is 4.88 Å². The Kier molecular flexibility index (Phi) is 3.65. The molecule has 1 fully saturated rings. The molecule has 1 aromatic rings.